The van der Waals surface area contributed by atoms with Crippen molar-refractivity contribution in [1.29, 1.82) is 0 Å². The quantitative estimate of drug-likeness (QED) is 0.204. The Balaban J connectivity index is 3.03. The van der Waals surface area contributed by atoms with E-state index in [9.17, 15) is 34.2 Å². The molecule has 7 N–H and O–H groups in total. The van der Waals surface area contributed by atoms with Crippen LogP contribution in [-0.4, -0.2) is 86.7 Å². The van der Waals surface area contributed by atoms with Crippen LogP contribution >= 0.6 is 0 Å². The molecule has 5 atom stereocenters. The molecule has 0 saturated carbocycles. The summed E-state index contributed by atoms with van der Waals surface area (Å²) in [6.07, 6.45) is -0.823. The van der Waals surface area contributed by atoms with Crippen molar-refractivity contribution in [3.8, 4) is 0 Å². The Kier molecular flexibility index (Phi) is 10.5. The number of carboxylic acid groups (broad SMARTS) is 2. The van der Waals surface area contributed by atoms with Gasteiger partial charge < -0.3 is 36.6 Å². The average Bonchev–Trinajstić information content (AvgIpc) is 3.18. The Morgan fingerprint density at radius 3 is 2.12 bits per heavy atom. The van der Waals surface area contributed by atoms with Crippen molar-refractivity contribution in [2.24, 2.45) is 11.7 Å². The first kappa shape index (κ1) is 27.3. The van der Waals surface area contributed by atoms with E-state index < -0.39 is 66.4 Å². The van der Waals surface area contributed by atoms with Gasteiger partial charge in [-0.05, 0) is 38.5 Å². The molecule has 0 radical (unpaired) electrons. The highest BCUT2D eigenvalue weighted by Crippen LogP contribution is 2.20. The zero-order valence-corrected chi connectivity index (χ0v) is 18.6. The fourth-order valence-electron chi connectivity index (χ4n) is 3.48. The Morgan fingerprint density at radius 2 is 1.62 bits per heavy atom. The fourth-order valence-corrected chi connectivity index (χ4v) is 3.48. The molecule has 0 spiro atoms. The van der Waals surface area contributed by atoms with Gasteiger partial charge in [0, 0.05) is 13.0 Å². The number of carbonyl (C=O) groups excluding carboxylic acids is 3. The molecule has 1 rings (SSSR count). The summed E-state index contributed by atoms with van der Waals surface area (Å²) < 4.78 is 0. The molecule has 1 aliphatic rings. The van der Waals surface area contributed by atoms with Crippen LogP contribution in [0.15, 0.2) is 0 Å². The van der Waals surface area contributed by atoms with Gasteiger partial charge in [0.15, 0.2) is 0 Å². The summed E-state index contributed by atoms with van der Waals surface area (Å²) in [7, 11) is 0. The lowest BCUT2D eigenvalue weighted by atomic mass is 10.0. The van der Waals surface area contributed by atoms with Gasteiger partial charge in [0.2, 0.25) is 17.7 Å². The van der Waals surface area contributed by atoms with E-state index in [2.05, 4.69) is 10.6 Å². The van der Waals surface area contributed by atoms with Crippen molar-refractivity contribution in [3.05, 3.63) is 0 Å². The molecule has 1 heterocycles. The van der Waals surface area contributed by atoms with Gasteiger partial charge in [-0.3, -0.25) is 19.2 Å². The Bertz CT molecular complexity index is 712. The molecule has 182 valence electrons. The number of aliphatic hydroxyl groups is 1. The summed E-state index contributed by atoms with van der Waals surface area (Å²) in [5.41, 5.74) is 5.58. The van der Waals surface area contributed by atoms with Crippen LogP contribution in [0.4, 0.5) is 0 Å². The molecule has 0 aromatic rings. The molecule has 3 amide bonds. The highest BCUT2D eigenvalue weighted by molar-refractivity contribution is 5.94. The van der Waals surface area contributed by atoms with E-state index in [1.165, 1.54) is 11.8 Å². The summed E-state index contributed by atoms with van der Waals surface area (Å²) >= 11 is 0. The molecule has 0 aliphatic carbocycles. The number of hydrogen-bond acceptors (Lipinski definition) is 7. The fraction of sp³-hybridized carbons (Fsp3) is 0.750. The van der Waals surface area contributed by atoms with Crippen molar-refractivity contribution < 1.29 is 39.3 Å². The highest BCUT2D eigenvalue weighted by atomic mass is 16.4. The lowest BCUT2D eigenvalue weighted by Crippen LogP contribution is -2.58. The van der Waals surface area contributed by atoms with Crippen molar-refractivity contribution >= 4 is 29.7 Å². The third-order valence-corrected chi connectivity index (χ3v) is 5.24. The van der Waals surface area contributed by atoms with Crippen LogP contribution < -0.4 is 16.4 Å². The molecule has 1 fully saturated rings. The summed E-state index contributed by atoms with van der Waals surface area (Å²) in [4.78, 5) is 61.8. The minimum atomic E-state index is -1.33. The Hall–Kier alpha value is -2.73. The summed E-state index contributed by atoms with van der Waals surface area (Å²) in [6, 6.07) is -4.65. The molecular formula is C20H34N4O8. The zero-order valence-electron chi connectivity index (χ0n) is 18.6. The standard InChI is InChI=1S/C20H34N4O8/c1-10(2)9-13(19(30)24-8-4-5-14(24)20(31)32)23-17(28)12(6-7-15(26)27)22-18(29)16(21)11(3)25/h10-14,16,25H,4-9,21H2,1-3H3,(H,22,29)(H,23,28)(H,26,27)(H,31,32). The Labute approximate surface area is 186 Å². The zero-order chi connectivity index (χ0) is 24.6. The van der Waals surface area contributed by atoms with Crippen molar-refractivity contribution in [2.45, 2.75) is 83.1 Å². The SMILES string of the molecule is CC(C)CC(NC(=O)C(CCC(=O)O)NC(=O)C(N)C(C)O)C(=O)N1CCCC1C(=O)O. The first-order chi connectivity index (χ1) is 14.8. The first-order valence-electron chi connectivity index (χ1n) is 10.6. The number of nitrogens with two attached hydrogens (primary N) is 1. The molecule has 1 saturated heterocycles. The molecule has 12 nitrogen and oxygen atoms in total. The maximum atomic E-state index is 13.1. The van der Waals surface area contributed by atoms with Crippen LogP contribution in [0.25, 0.3) is 0 Å². The van der Waals surface area contributed by atoms with E-state index in [1.807, 2.05) is 13.8 Å². The van der Waals surface area contributed by atoms with E-state index in [4.69, 9.17) is 10.8 Å². The third kappa shape index (κ3) is 8.08. The maximum Gasteiger partial charge on any atom is 0.326 e. The van der Waals surface area contributed by atoms with E-state index in [0.29, 0.717) is 12.8 Å². The molecule has 12 heteroatoms. The largest absolute Gasteiger partial charge is 0.481 e. The van der Waals surface area contributed by atoms with Gasteiger partial charge in [-0.2, -0.15) is 0 Å². The average molecular weight is 459 g/mol. The van der Waals surface area contributed by atoms with Crippen LogP contribution in [0.5, 0.6) is 0 Å². The normalized spacial score (nSPS) is 19.7. The Morgan fingerprint density at radius 1 is 1.03 bits per heavy atom. The minimum absolute atomic E-state index is 0.0224. The van der Waals surface area contributed by atoms with Crippen molar-refractivity contribution in [3.63, 3.8) is 0 Å². The number of hydrogen-bond donors (Lipinski definition) is 6. The third-order valence-electron chi connectivity index (χ3n) is 5.24. The molecule has 0 aromatic carbocycles. The van der Waals surface area contributed by atoms with E-state index in [1.54, 1.807) is 0 Å². The van der Waals surface area contributed by atoms with E-state index >= 15 is 0 Å². The first-order valence-corrected chi connectivity index (χ1v) is 10.6. The van der Waals surface area contributed by atoms with Gasteiger partial charge in [0.05, 0.1) is 6.10 Å². The summed E-state index contributed by atoms with van der Waals surface area (Å²) in [5.74, 6) is -4.51. The van der Waals surface area contributed by atoms with Gasteiger partial charge in [-0.25, -0.2) is 4.79 Å². The molecule has 1 aliphatic heterocycles. The van der Waals surface area contributed by atoms with Crippen LogP contribution in [-0.2, 0) is 24.0 Å². The summed E-state index contributed by atoms with van der Waals surface area (Å²) in [6.45, 7) is 5.21. The second kappa shape index (κ2) is 12.3. The number of carboxylic acids is 2. The van der Waals surface area contributed by atoms with E-state index in [0.717, 1.165) is 0 Å². The van der Waals surface area contributed by atoms with Crippen LogP contribution in [0.1, 0.15) is 52.9 Å². The van der Waals surface area contributed by atoms with Crippen molar-refractivity contribution in [1.82, 2.24) is 15.5 Å². The molecule has 0 aromatic heterocycles. The molecule has 32 heavy (non-hydrogen) atoms. The van der Waals surface area contributed by atoms with Gasteiger partial charge in [0.25, 0.3) is 0 Å². The number of nitrogens with zero attached hydrogens (tertiary/aromatic N) is 1. The molecule has 5 unspecified atom stereocenters. The number of nitrogens with one attached hydrogen (secondary N) is 2. The van der Waals surface area contributed by atoms with Crippen LogP contribution in [0.2, 0.25) is 0 Å². The highest BCUT2D eigenvalue weighted by Gasteiger charge is 2.38. The number of aliphatic carboxylic acids is 2. The second-order valence-corrected chi connectivity index (χ2v) is 8.48. The van der Waals surface area contributed by atoms with Crippen molar-refractivity contribution in [2.75, 3.05) is 6.54 Å². The lowest BCUT2D eigenvalue weighted by Gasteiger charge is -2.29. The number of amides is 3. The van der Waals surface area contributed by atoms with Gasteiger partial charge in [-0.1, -0.05) is 13.8 Å². The predicted octanol–water partition coefficient (Wildman–Crippen LogP) is -1.35. The predicted molar refractivity (Wildman–Crippen MR) is 112 cm³/mol. The molecule has 0 bridgehead atoms. The topological polar surface area (TPSA) is 199 Å². The summed E-state index contributed by atoms with van der Waals surface area (Å²) in [5, 5.41) is 32.7. The van der Waals surface area contributed by atoms with Gasteiger partial charge in [0.1, 0.15) is 24.2 Å². The lowest BCUT2D eigenvalue weighted by molar-refractivity contribution is -0.149. The number of carbonyl (C=O) groups is 5. The van der Waals surface area contributed by atoms with Gasteiger partial charge in [-0.15, -0.1) is 0 Å². The minimum Gasteiger partial charge on any atom is -0.481 e. The van der Waals surface area contributed by atoms with Crippen LogP contribution in [0.3, 0.4) is 0 Å². The molecular weight excluding hydrogens is 424 g/mol. The maximum absolute atomic E-state index is 13.1. The second-order valence-electron chi connectivity index (χ2n) is 8.48. The van der Waals surface area contributed by atoms with Crippen LogP contribution in [0, 0.1) is 5.92 Å². The number of likely N-dealkylation sites (tertiary alicyclic amines) is 1. The van der Waals surface area contributed by atoms with E-state index in [-0.39, 0.29) is 25.3 Å². The van der Waals surface area contributed by atoms with Gasteiger partial charge >= 0.3 is 11.9 Å². The number of aliphatic hydroxyl groups excluding tert-OH is 1. The number of rotatable bonds is 12. The monoisotopic (exact) mass is 458 g/mol. The smallest absolute Gasteiger partial charge is 0.326 e.